The van der Waals surface area contributed by atoms with Crippen molar-refractivity contribution >= 4 is 17.7 Å². The Morgan fingerprint density at radius 2 is 1.95 bits per heavy atom. The molecule has 4 heteroatoms. The van der Waals surface area contributed by atoms with Crippen molar-refractivity contribution in [2.24, 2.45) is 0 Å². The molecule has 0 saturated carbocycles. The van der Waals surface area contributed by atoms with Crippen molar-refractivity contribution in [3.05, 3.63) is 60.4 Å². The minimum atomic E-state index is -0.0412. The van der Waals surface area contributed by atoms with E-state index in [1.807, 2.05) is 43.3 Å². The monoisotopic (exact) mass is 300 g/mol. The van der Waals surface area contributed by atoms with E-state index >= 15 is 0 Å². The van der Waals surface area contributed by atoms with Gasteiger partial charge in [0.2, 0.25) is 5.91 Å². The highest BCUT2D eigenvalue weighted by atomic mass is 32.2. The highest BCUT2D eigenvalue weighted by molar-refractivity contribution is 7.99. The zero-order chi connectivity index (χ0) is 14.9. The Balaban J connectivity index is 1.66. The second kappa shape index (κ2) is 8.47. The van der Waals surface area contributed by atoms with Crippen molar-refractivity contribution in [1.29, 1.82) is 0 Å². The van der Waals surface area contributed by atoms with Crippen LogP contribution in [-0.2, 0) is 4.79 Å². The Bertz CT molecular complexity index is 545. The Labute approximate surface area is 130 Å². The molecular formula is C17H20N2OS. The summed E-state index contributed by atoms with van der Waals surface area (Å²) in [5.74, 6) is 1.04. The second-order valence-electron chi connectivity index (χ2n) is 4.81. The average molecular weight is 300 g/mol. The lowest BCUT2D eigenvalue weighted by Crippen LogP contribution is -2.26. The predicted molar refractivity (Wildman–Crippen MR) is 87.2 cm³/mol. The van der Waals surface area contributed by atoms with Gasteiger partial charge in [0, 0.05) is 17.5 Å². The van der Waals surface area contributed by atoms with Gasteiger partial charge < -0.3 is 5.32 Å². The molecule has 1 aromatic heterocycles. The van der Waals surface area contributed by atoms with Crippen molar-refractivity contribution in [3.8, 4) is 0 Å². The van der Waals surface area contributed by atoms with Gasteiger partial charge >= 0.3 is 0 Å². The van der Waals surface area contributed by atoms with Gasteiger partial charge in [-0.2, -0.15) is 0 Å². The Hall–Kier alpha value is -1.81. The number of aromatic nitrogens is 1. The zero-order valence-corrected chi connectivity index (χ0v) is 13.0. The lowest BCUT2D eigenvalue weighted by atomic mass is 10.2. The van der Waals surface area contributed by atoms with Crippen LogP contribution in [0.15, 0.2) is 59.6 Å². The van der Waals surface area contributed by atoms with Crippen LogP contribution in [0.1, 0.15) is 31.5 Å². The van der Waals surface area contributed by atoms with E-state index in [4.69, 9.17) is 0 Å². The Morgan fingerprint density at radius 1 is 1.19 bits per heavy atom. The van der Waals surface area contributed by atoms with E-state index in [9.17, 15) is 4.79 Å². The number of rotatable bonds is 7. The number of carbonyl (C=O) groups is 1. The van der Waals surface area contributed by atoms with Gasteiger partial charge in [-0.25, -0.2) is 0 Å². The number of amides is 1. The molecule has 3 nitrogen and oxygen atoms in total. The molecule has 2 rings (SSSR count). The van der Waals surface area contributed by atoms with E-state index < -0.39 is 0 Å². The Kier molecular flexibility index (Phi) is 6.28. The highest BCUT2D eigenvalue weighted by Gasteiger charge is 2.09. The number of benzene rings is 1. The van der Waals surface area contributed by atoms with Gasteiger partial charge in [0.05, 0.1) is 11.7 Å². The molecule has 110 valence electrons. The lowest BCUT2D eigenvalue weighted by molar-refractivity contribution is -0.121. The molecule has 1 amide bonds. The van der Waals surface area contributed by atoms with E-state index in [1.54, 1.807) is 18.0 Å². The maximum Gasteiger partial charge on any atom is 0.220 e. The van der Waals surface area contributed by atoms with Crippen LogP contribution in [0.3, 0.4) is 0 Å². The van der Waals surface area contributed by atoms with Crippen molar-refractivity contribution in [1.82, 2.24) is 10.3 Å². The quantitative estimate of drug-likeness (QED) is 0.624. The summed E-state index contributed by atoms with van der Waals surface area (Å²) >= 11 is 1.79. The molecule has 1 N–H and O–H groups in total. The molecule has 0 aliphatic heterocycles. The van der Waals surface area contributed by atoms with Crippen LogP contribution in [0.2, 0.25) is 0 Å². The number of hydrogen-bond donors (Lipinski definition) is 1. The third-order valence-corrected chi connectivity index (χ3v) is 4.17. The summed E-state index contributed by atoms with van der Waals surface area (Å²) in [6.07, 6.45) is 3.17. The fourth-order valence-electron chi connectivity index (χ4n) is 1.96. The highest BCUT2D eigenvalue weighted by Crippen LogP contribution is 2.18. The molecule has 0 aliphatic rings. The molecule has 0 aliphatic carbocycles. The van der Waals surface area contributed by atoms with Crippen LogP contribution in [0.5, 0.6) is 0 Å². The van der Waals surface area contributed by atoms with E-state index in [1.165, 1.54) is 4.90 Å². The molecule has 0 radical (unpaired) electrons. The summed E-state index contributed by atoms with van der Waals surface area (Å²) in [5.41, 5.74) is 0.893. The van der Waals surface area contributed by atoms with Crippen LogP contribution >= 0.6 is 11.8 Å². The van der Waals surface area contributed by atoms with Gasteiger partial charge in [0.1, 0.15) is 0 Å². The van der Waals surface area contributed by atoms with Crippen LogP contribution < -0.4 is 5.32 Å². The molecule has 0 fully saturated rings. The smallest absolute Gasteiger partial charge is 0.220 e. The number of nitrogens with one attached hydrogen (secondary N) is 1. The van der Waals surface area contributed by atoms with E-state index in [0.29, 0.717) is 6.42 Å². The summed E-state index contributed by atoms with van der Waals surface area (Å²) in [5, 5.41) is 2.98. The van der Waals surface area contributed by atoms with Crippen molar-refractivity contribution in [3.63, 3.8) is 0 Å². The Morgan fingerprint density at radius 3 is 2.67 bits per heavy atom. The minimum Gasteiger partial charge on any atom is -0.348 e. The van der Waals surface area contributed by atoms with Gasteiger partial charge in [0.25, 0.3) is 0 Å². The fraction of sp³-hybridized carbons (Fsp3) is 0.294. The number of pyridine rings is 1. The first-order chi connectivity index (χ1) is 10.3. The SMILES string of the molecule is CC(NC(=O)CCCSc1ccccc1)c1ccccn1. The molecule has 21 heavy (non-hydrogen) atoms. The van der Waals surface area contributed by atoms with Crippen LogP contribution in [0, 0.1) is 0 Å². The summed E-state index contributed by atoms with van der Waals surface area (Å²) in [6, 6.07) is 15.9. The van der Waals surface area contributed by atoms with Crippen LogP contribution in [0.25, 0.3) is 0 Å². The summed E-state index contributed by atoms with van der Waals surface area (Å²) < 4.78 is 0. The number of nitrogens with zero attached hydrogens (tertiary/aromatic N) is 1. The maximum absolute atomic E-state index is 11.9. The van der Waals surface area contributed by atoms with Gasteiger partial charge in [-0.1, -0.05) is 24.3 Å². The minimum absolute atomic E-state index is 0.0412. The van der Waals surface area contributed by atoms with Gasteiger partial charge in [0.15, 0.2) is 0 Å². The average Bonchev–Trinajstić information content (AvgIpc) is 2.53. The van der Waals surface area contributed by atoms with Crippen molar-refractivity contribution in [2.45, 2.75) is 30.7 Å². The molecule has 1 atom stereocenters. The van der Waals surface area contributed by atoms with Crippen molar-refractivity contribution < 1.29 is 4.79 Å². The molecule has 1 aromatic carbocycles. The zero-order valence-electron chi connectivity index (χ0n) is 12.2. The van der Waals surface area contributed by atoms with Gasteiger partial charge in [-0.05, 0) is 43.4 Å². The molecule has 1 heterocycles. The van der Waals surface area contributed by atoms with E-state index in [-0.39, 0.29) is 11.9 Å². The number of hydrogen-bond acceptors (Lipinski definition) is 3. The summed E-state index contributed by atoms with van der Waals surface area (Å²) in [4.78, 5) is 17.4. The molecule has 0 bridgehead atoms. The number of carbonyl (C=O) groups excluding carboxylic acids is 1. The predicted octanol–water partition coefficient (Wildman–Crippen LogP) is 3.83. The maximum atomic E-state index is 11.9. The third kappa shape index (κ3) is 5.60. The first kappa shape index (κ1) is 15.6. The molecule has 1 unspecified atom stereocenters. The normalized spacial score (nSPS) is 11.9. The summed E-state index contributed by atoms with van der Waals surface area (Å²) in [6.45, 7) is 1.96. The van der Waals surface area contributed by atoms with Crippen molar-refractivity contribution in [2.75, 3.05) is 5.75 Å². The molecule has 0 saturated heterocycles. The standard InChI is InChI=1S/C17H20N2OS/c1-14(16-10-5-6-12-18-16)19-17(20)11-7-13-21-15-8-3-2-4-9-15/h2-6,8-10,12,14H,7,11,13H2,1H3,(H,19,20). The van der Waals surface area contributed by atoms with Gasteiger partial charge in [-0.3, -0.25) is 9.78 Å². The largest absolute Gasteiger partial charge is 0.348 e. The van der Waals surface area contributed by atoms with E-state index in [0.717, 1.165) is 17.9 Å². The summed E-state index contributed by atoms with van der Waals surface area (Å²) in [7, 11) is 0. The van der Waals surface area contributed by atoms with Gasteiger partial charge in [-0.15, -0.1) is 11.8 Å². The lowest BCUT2D eigenvalue weighted by Gasteiger charge is -2.13. The third-order valence-electron chi connectivity index (χ3n) is 3.07. The topological polar surface area (TPSA) is 42.0 Å². The van der Waals surface area contributed by atoms with Crippen LogP contribution in [-0.4, -0.2) is 16.6 Å². The first-order valence-corrected chi connectivity index (χ1v) is 8.12. The second-order valence-corrected chi connectivity index (χ2v) is 5.98. The molecule has 0 spiro atoms. The van der Waals surface area contributed by atoms with Crippen LogP contribution in [0.4, 0.5) is 0 Å². The fourth-order valence-corrected chi connectivity index (χ4v) is 2.83. The molecular weight excluding hydrogens is 280 g/mol. The van der Waals surface area contributed by atoms with E-state index in [2.05, 4.69) is 22.4 Å². The first-order valence-electron chi connectivity index (χ1n) is 7.14. The molecule has 2 aromatic rings. The number of thioether (sulfide) groups is 1.